The first kappa shape index (κ1) is 18.2. The van der Waals surface area contributed by atoms with E-state index >= 15 is 0 Å². The molecule has 5 rings (SSSR count). The van der Waals surface area contributed by atoms with E-state index in [4.69, 9.17) is 28.2 Å². The molecule has 0 saturated carbocycles. The Bertz CT molecular complexity index is 1350. The van der Waals surface area contributed by atoms with Crippen LogP contribution < -0.4 is 5.56 Å². The van der Waals surface area contributed by atoms with Gasteiger partial charge in [0.1, 0.15) is 11.0 Å². The van der Waals surface area contributed by atoms with Crippen LogP contribution in [0.2, 0.25) is 10.2 Å². The van der Waals surface area contributed by atoms with Crippen molar-refractivity contribution >= 4 is 45.8 Å². The fourth-order valence-electron chi connectivity index (χ4n) is 3.72. The molecule has 1 aliphatic heterocycles. The molecule has 2 aromatic heterocycles. The van der Waals surface area contributed by atoms with Crippen LogP contribution >= 0.6 is 23.2 Å². The van der Waals surface area contributed by atoms with E-state index < -0.39 is 0 Å². The number of benzene rings is 2. The van der Waals surface area contributed by atoms with Crippen LogP contribution in [0.3, 0.4) is 0 Å². The molecule has 144 valence electrons. The van der Waals surface area contributed by atoms with E-state index in [9.17, 15) is 4.79 Å². The molecule has 0 saturated heterocycles. The number of allylic oxidation sites excluding steroid dienone is 1. The van der Waals surface area contributed by atoms with E-state index in [0.29, 0.717) is 39.9 Å². The Hall–Kier alpha value is -2.89. The summed E-state index contributed by atoms with van der Waals surface area (Å²) in [7, 11) is 0. The highest BCUT2D eigenvalue weighted by molar-refractivity contribution is 6.31. The lowest BCUT2D eigenvalue weighted by Gasteiger charge is -2.06. The normalized spacial score (nSPS) is 14.7. The monoisotopic (exact) mass is 422 g/mol. The van der Waals surface area contributed by atoms with Crippen LogP contribution in [0.4, 0.5) is 0 Å². The number of nitrogens with zero attached hydrogens (tertiary/aromatic N) is 4. The van der Waals surface area contributed by atoms with Crippen molar-refractivity contribution in [3.8, 4) is 5.69 Å². The van der Waals surface area contributed by atoms with Gasteiger partial charge >= 0.3 is 0 Å². The summed E-state index contributed by atoms with van der Waals surface area (Å²) < 4.78 is 3.43. The molecule has 29 heavy (non-hydrogen) atoms. The van der Waals surface area contributed by atoms with E-state index in [-0.39, 0.29) is 5.56 Å². The van der Waals surface area contributed by atoms with E-state index in [1.54, 1.807) is 27.4 Å². The van der Waals surface area contributed by atoms with Gasteiger partial charge in [0, 0.05) is 17.1 Å². The van der Waals surface area contributed by atoms with Crippen molar-refractivity contribution in [2.75, 3.05) is 0 Å². The second-order valence-electron chi connectivity index (χ2n) is 7.01. The Morgan fingerprint density at radius 2 is 1.90 bits per heavy atom. The Kier molecular flexibility index (Phi) is 4.30. The summed E-state index contributed by atoms with van der Waals surface area (Å²) in [5, 5.41) is 6.19. The highest BCUT2D eigenvalue weighted by atomic mass is 35.5. The van der Waals surface area contributed by atoms with Crippen LogP contribution in [0.15, 0.2) is 53.3 Å². The molecule has 0 radical (unpaired) electrons. The van der Waals surface area contributed by atoms with Gasteiger partial charge in [-0.05, 0) is 55.3 Å². The fraction of sp³-hybridized carbons (Fsp3) is 0.136. The molecule has 0 atom stereocenters. The van der Waals surface area contributed by atoms with Gasteiger partial charge < -0.3 is 0 Å². The van der Waals surface area contributed by atoms with Gasteiger partial charge in [-0.1, -0.05) is 41.4 Å². The number of hydrogen-bond acceptors (Lipinski definition) is 3. The summed E-state index contributed by atoms with van der Waals surface area (Å²) in [6.45, 7) is 2.51. The Labute approximate surface area is 176 Å². The second kappa shape index (κ2) is 6.87. The zero-order valence-corrected chi connectivity index (χ0v) is 17.1. The molecular weight excluding hydrogens is 407 g/mol. The van der Waals surface area contributed by atoms with Gasteiger partial charge in [0.25, 0.3) is 5.56 Å². The van der Waals surface area contributed by atoms with E-state index in [1.807, 2.05) is 43.3 Å². The SMILES string of the molecule is Cc1nn(-c2ccccc2)c(Cl)c1C=C1CCn2c1nc1ccc(Cl)cc1c2=O. The third-order valence-corrected chi connectivity index (χ3v) is 5.77. The van der Waals surface area contributed by atoms with Gasteiger partial charge in [-0.3, -0.25) is 9.36 Å². The number of hydrogen-bond donors (Lipinski definition) is 0. The summed E-state index contributed by atoms with van der Waals surface area (Å²) in [5.41, 5.74) is 4.09. The molecule has 0 fully saturated rings. The van der Waals surface area contributed by atoms with Crippen molar-refractivity contribution in [1.82, 2.24) is 19.3 Å². The first-order valence-corrected chi connectivity index (χ1v) is 10.00. The summed E-state index contributed by atoms with van der Waals surface area (Å²) in [6.07, 6.45) is 2.70. The Balaban J connectivity index is 1.65. The molecule has 0 aliphatic carbocycles. The first-order valence-electron chi connectivity index (χ1n) is 9.24. The quantitative estimate of drug-likeness (QED) is 0.449. The number of para-hydroxylation sites is 1. The van der Waals surface area contributed by atoms with Crippen LogP contribution in [0, 0.1) is 6.92 Å². The topological polar surface area (TPSA) is 52.7 Å². The van der Waals surface area contributed by atoms with E-state index in [0.717, 1.165) is 22.5 Å². The minimum atomic E-state index is -0.0706. The second-order valence-corrected chi connectivity index (χ2v) is 7.80. The van der Waals surface area contributed by atoms with Gasteiger partial charge in [0.05, 0.1) is 22.3 Å². The fourth-order valence-corrected chi connectivity index (χ4v) is 4.21. The lowest BCUT2D eigenvalue weighted by atomic mass is 10.1. The minimum Gasteiger partial charge on any atom is -0.292 e. The molecule has 1 aliphatic rings. The van der Waals surface area contributed by atoms with Gasteiger partial charge in [0.15, 0.2) is 0 Å². The van der Waals surface area contributed by atoms with Crippen molar-refractivity contribution in [3.63, 3.8) is 0 Å². The summed E-state index contributed by atoms with van der Waals surface area (Å²) >= 11 is 12.7. The van der Waals surface area contributed by atoms with E-state index in [2.05, 4.69) is 5.10 Å². The van der Waals surface area contributed by atoms with Crippen molar-refractivity contribution in [3.05, 3.63) is 86.1 Å². The van der Waals surface area contributed by atoms with Gasteiger partial charge in [0.2, 0.25) is 0 Å². The van der Waals surface area contributed by atoms with Crippen LogP contribution in [0.1, 0.15) is 23.5 Å². The number of aryl methyl sites for hydroxylation is 1. The number of aromatic nitrogens is 4. The highest BCUT2D eigenvalue weighted by Gasteiger charge is 2.23. The van der Waals surface area contributed by atoms with E-state index in [1.165, 1.54) is 0 Å². The maximum atomic E-state index is 12.9. The molecule has 0 unspecified atom stereocenters. The van der Waals surface area contributed by atoms with Crippen LogP contribution in [-0.2, 0) is 6.54 Å². The average Bonchev–Trinajstić information content (AvgIpc) is 3.25. The third-order valence-electron chi connectivity index (χ3n) is 5.18. The number of fused-ring (bicyclic) bond motifs is 2. The van der Waals surface area contributed by atoms with Crippen LogP contribution in [0.5, 0.6) is 0 Å². The van der Waals surface area contributed by atoms with Crippen molar-refractivity contribution < 1.29 is 0 Å². The maximum Gasteiger partial charge on any atom is 0.261 e. The molecule has 0 bridgehead atoms. The molecule has 0 amide bonds. The van der Waals surface area contributed by atoms with Gasteiger partial charge in [-0.25, -0.2) is 9.67 Å². The molecule has 4 aromatic rings. The van der Waals surface area contributed by atoms with Crippen molar-refractivity contribution in [1.29, 1.82) is 0 Å². The van der Waals surface area contributed by atoms with Crippen LogP contribution in [0.25, 0.3) is 28.2 Å². The third kappa shape index (κ3) is 2.98. The lowest BCUT2D eigenvalue weighted by molar-refractivity contribution is 0.725. The zero-order valence-electron chi connectivity index (χ0n) is 15.6. The Morgan fingerprint density at radius 1 is 1.10 bits per heavy atom. The Morgan fingerprint density at radius 3 is 2.69 bits per heavy atom. The average molecular weight is 423 g/mol. The van der Waals surface area contributed by atoms with Crippen LogP contribution in [-0.4, -0.2) is 19.3 Å². The number of rotatable bonds is 2. The first-order chi connectivity index (χ1) is 14.0. The molecule has 2 aromatic carbocycles. The predicted octanol–water partition coefficient (Wildman–Crippen LogP) is 5.14. The molecule has 0 spiro atoms. The molecule has 0 N–H and O–H groups in total. The summed E-state index contributed by atoms with van der Waals surface area (Å²) in [6, 6.07) is 15.0. The molecular formula is C22H16Cl2N4O. The summed E-state index contributed by atoms with van der Waals surface area (Å²) in [5.74, 6) is 0.674. The standard InChI is InChI=1S/C22H16Cl2N4O/c1-13-17(20(24)28(26-13)16-5-3-2-4-6-16)11-14-9-10-27-21(14)25-19-8-7-15(23)12-18(19)22(27)29/h2-8,11-12H,9-10H2,1H3. The maximum absolute atomic E-state index is 12.9. The smallest absolute Gasteiger partial charge is 0.261 e. The molecule has 7 heteroatoms. The lowest BCUT2D eigenvalue weighted by Crippen LogP contribution is -2.20. The van der Waals surface area contributed by atoms with Crippen molar-refractivity contribution in [2.24, 2.45) is 0 Å². The summed E-state index contributed by atoms with van der Waals surface area (Å²) in [4.78, 5) is 17.6. The van der Waals surface area contributed by atoms with Gasteiger partial charge in [-0.15, -0.1) is 0 Å². The number of halogens is 2. The highest BCUT2D eigenvalue weighted by Crippen LogP contribution is 2.32. The zero-order chi connectivity index (χ0) is 20.1. The predicted molar refractivity (Wildman–Crippen MR) is 117 cm³/mol. The van der Waals surface area contributed by atoms with Gasteiger partial charge in [-0.2, -0.15) is 5.10 Å². The largest absolute Gasteiger partial charge is 0.292 e. The molecule has 3 heterocycles. The minimum absolute atomic E-state index is 0.0706. The molecule has 5 nitrogen and oxygen atoms in total. The van der Waals surface area contributed by atoms with Crippen molar-refractivity contribution in [2.45, 2.75) is 19.9 Å².